The monoisotopic (exact) mass is 349 g/mol. The quantitative estimate of drug-likeness (QED) is 0.788. The van der Waals surface area contributed by atoms with Gasteiger partial charge in [-0.3, -0.25) is 14.4 Å². The number of amides is 1. The first-order valence-corrected chi connectivity index (χ1v) is 9.09. The number of hydrogen-bond acceptors (Lipinski definition) is 3. The van der Waals surface area contributed by atoms with Crippen molar-refractivity contribution in [3.05, 3.63) is 64.7 Å². The number of nitrogens with one attached hydrogen (secondary N) is 1. The van der Waals surface area contributed by atoms with Crippen LogP contribution in [0.1, 0.15) is 64.4 Å². The molecular weight excluding hydrogens is 326 g/mol. The lowest BCUT2D eigenvalue weighted by molar-refractivity contribution is -0.116. The second-order valence-corrected chi connectivity index (χ2v) is 6.80. The molecule has 3 rings (SSSR count). The first-order valence-electron chi connectivity index (χ1n) is 9.09. The minimum atomic E-state index is -0.202. The van der Waals surface area contributed by atoms with Crippen LogP contribution in [0.3, 0.4) is 0 Å². The molecule has 2 aromatic rings. The van der Waals surface area contributed by atoms with Gasteiger partial charge < -0.3 is 5.32 Å². The molecule has 1 aliphatic rings. The van der Waals surface area contributed by atoms with Crippen molar-refractivity contribution in [2.24, 2.45) is 0 Å². The van der Waals surface area contributed by atoms with Crippen LogP contribution < -0.4 is 5.32 Å². The molecular formula is C22H23NO3. The molecule has 0 atom stereocenters. The topological polar surface area (TPSA) is 63.2 Å². The van der Waals surface area contributed by atoms with E-state index in [9.17, 15) is 14.4 Å². The summed E-state index contributed by atoms with van der Waals surface area (Å²) in [6, 6.07) is 12.7. The second kappa shape index (κ2) is 8.09. The zero-order chi connectivity index (χ0) is 18.5. The third-order valence-corrected chi connectivity index (χ3v) is 4.82. The Labute approximate surface area is 153 Å². The Morgan fingerprint density at radius 2 is 1.50 bits per heavy atom. The Balaban J connectivity index is 1.54. The Hall–Kier alpha value is -2.75. The van der Waals surface area contributed by atoms with Gasteiger partial charge in [0.2, 0.25) is 5.91 Å². The van der Waals surface area contributed by atoms with E-state index >= 15 is 0 Å². The van der Waals surface area contributed by atoms with Crippen LogP contribution in [0.25, 0.3) is 0 Å². The fraction of sp³-hybridized carbons (Fsp3) is 0.318. The predicted octanol–water partition coefficient (Wildman–Crippen LogP) is 4.37. The molecule has 0 fully saturated rings. The van der Waals surface area contributed by atoms with E-state index in [0.717, 1.165) is 12.8 Å². The Morgan fingerprint density at radius 3 is 2.19 bits per heavy atom. The molecule has 4 nitrogen and oxygen atoms in total. The molecule has 4 heteroatoms. The highest BCUT2D eigenvalue weighted by molar-refractivity contribution is 6.00. The number of carbonyl (C=O) groups excluding carboxylic acids is 3. The van der Waals surface area contributed by atoms with Crippen LogP contribution in [0.4, 0.5) is 5.69 Å². The molecule has 0 aliphatic heterocycles. The van der Waals surface area contributed by atoms with E-state index in [-0.39, 0.29) is 30.3 Å². The first-order chi connectivity index (χ1) is 12.5. The van der Waals surface area contributed by atoms with E-state index in [1.165, 1.54) is 30.9 Å². The number of aryl methyl sites for hydroxylation is 2. The van der Waals surface area contributed by atoms with Gasteiger partial charge in [0, 0.05) is 29.7 Å². The van der Waals surface area contributed by atoms with E-state index in [4.69, 9.17) is 0 Å². The first kappa shape index (κ1) is 18.1. The molecule has 134 valence electrons. The number of fused-ring (bicyclic) bond motifs is 1. The summed E-state index contributed by atoms with van der Waals surface area (Å²) in [4.78, 5) is 35.7. The summed E-state index contributed by atoms with van der Waals surface area (Å²) in [6.07, 6.45) is 4.85. The molecule has 1 aliphatic carbocycles. The summed E-state index contributed by atoms with van der Waals surface area (Å²) in [5, 5.41) is 2.76. The van der Waals surface area contributed by atoms with Crippen LogP contribution in [0.2, 0.25) is 0 Å². The van der Waals surface area contributed by atoms with Crippen molar-refractivity contribution in [1.29, 1.82) is 0 Å². The molecule has 0 bridgehead atoms. The van der Waals surface area contributed by atoms with Crippen LogP contribution >= 0.6 is 0 Å². The van der Waals surface area contributed by atoms with Gasteiger partial charge in [-0.2, -0.15) is 0 Å². The molecule has 0 saturated heterocycles. The summed E-state index contributed by atoms with van der Waals surface area (Å²) in [5.74, 6) is -0.217. The summed E-state index contributed by atoms with van der Waals surface area (Å²) in [7, 11) is 0. The van der Waals surface area contributed by atoms with Crippen LogP contribution in [-0.2, 0) is 17.6 Å². The van der Waals surface area contributed by atoms with E-state index in [1.807, 2.05) is 12.1 Å². The largest absolute Gasteiger partial charge is 0.326 e. The van der Waals surface area contributed by atoms with Gasteiger partial charge in [-0.15, -0.1) is 0 Å². The minimum absolute atomic E-state index is 0.000418. The standard InChI is InChI=1S/C22H23NO3/c1-15(24)16-8-10-20(11-9-16)23-22(26)13-12-21(25)19-7-6-17-4-2-3-5-18(17)14-19/h6-11,14H,2-5,12-13H2,1H3,(H,23,26). The predicted molar refractivity (Wildman–Crippen MR) is 102 cm³/mol. The van der Waals surface area contributed by atoms with Crippen molar-refractivity contribution < 1.29 is 14.4 Å². The summed E-state index contributed by atoms with van der Waals surface area (Å²) in [5.41, 5.74) is 4.55. The minimum Gasteiger partial charge on any atom is -0.326 e. The van der Waals surface area contributed by atoms with Crippen LogP contribution in [0.5, 0.6) is 0 Å². The van der Waals surface area contributed by atoms with Gasteiger partial charge in [0.1, 0.15) is 0 Å². The normalized spacial score (nSPS) is 13.0. The summed E-state index contributed by atoms with van der Waals surface area (Å²) < 4.78 is 0. The van der Waals surface area contributed by atoms with Gasteiger partial charge in [0.25, 0.3) is 0 Å². The van der Waals surface area contributed by atoms with E-state index < -0.39 is 0 Å². The van der Waals surface area contributed by atoms with Gasteiger partial charge in [0.05, 0.1) is 0 Å². The molecule has 0 saturated carbocycles. The van der Waals surface area contributed by atoms with Crippen LogP contribution in [0, 0.1) is 0 Å². The number of ketones is 2. The second-order valence-electron chi connectivity index (χ2n) is 6.80. The lowest BCUT2D eigenvalue weighted by atomic mass is 9.89. The van der Waals surface area contributed by atoms with Crippen LogP contribution in [0.15, 0.2) is 42.5 Å². The summed E-state index contributed by atoms with van der Waals surface area (Å²) in [6.45, 7) is 1.50. The molecule has 0 heterocycles. The lowest BCUT2D eigenvalue weighted by Crippen LogP contribution is -2.14. The smallest absolute Gasteiger partial charge is 0.224 e. The van der Waals surface area contributed by atoms with Crippen molar-refractivity contribution in [1.82, 2.24) is 0 Å². The zero-order valence-corrected chi connectivity index (χ0v) is 15.0. The van der Waals surface area contributed by atoms with Gasteiger partial charge in [-0.05, 0) is 74.1 Å². The molecule has 0 unspecified atom stereocenters. The molecule has 0 radical (unpaired) electrons. The molecule has 1 N–H and O–H groups in total. The van der Waals surface area contributed by atoms with E-state index in [2.05, 4.69) is 11.4 Å². The van der Waals surface area contributed by atoms with Gasteiger partial charge in [-0.25, -0.2) is 0 Å². The third-order valence-electron chi connectivity index (χ3n) is 4.82. The fourth-order valence-corrected chi connectivity index (χ4v) is 3.29. The average molecular weight is 349 g/mol. The Kier molecular flexibility index (Phi) is 5.61. The van der Waals surface area contributed by atoms with Crippen LogP contribution in [-0.4, -0.2) is 17.5 Å². The summed E-state index contributed by atoms with van der Waals surface area (Å²) >= 11 is 0. The van der Waals surface area contributed by atoms with Gasteiger partial charge in [0.15, 0.2) is 11.6 Å². The zero-order valence-electron chi connectivity index (χ0n) is 15.0. The van der Waals surface area contributed by atoms with Crippen molar-refractivity contribution in [3.63, 3.8) is 0 Å². The van der Waals surface area contributed by atoms with Crippen molar-refractivity contribution in [2.75, 3.05) is 5.32 Å². The van der Waals surface area contributed by atoms with Crippen molar-refractivity contribution in [3.8, 4) is 0 Å². The number of rotatable bonds is 6. The van der Waals surface area contributed by atoms with Gasteiger partial charge >= 0.3 is 0 Å². The number of Topliss-reactive ketones (excluding diaryl/α,β-unsaturated/α-hetero) is 2. The Bertz CT molecular complexity index is 837. The molecule has 0 aromatic heterocycles. The van der Waals surface area contributed by atoms with E-state index in [1.54, 1.807) is 24.3 Å². The molecule has 1 amide bonds. The molecule has 26 heavy (non-hydrogen) atoms. The molecule has 2 aromatic carbocycles. The average Bonchev–Trinajstić information content (AvgIpc) is 2.66. The highest BCUT2D eigenvalue weighted by Gasteiger charge is 2.14. The maximum atomic E-state index is 12.4. The Morgan fingerprint density at radius 1 is 0.846 bits per heavy atom. The fourth-order valence-electron chi connectivity index (χ4n) is 3.29. The number of hydrogen-bond donors (Lipinski definition) is 1. The maximum absolute atomic E-state index is 12.4. The van der Waals surface area contributed by atoms with Gasteiger partial charge in [-0.1, -0.05) is 12.1 Å². The third kappa shape index (κ3) is 4.45. The van der Waals surface area contributed by atoms with Crippen molar-refractivity contribution >= 4 is 23.2 Å². The highest BCUT2D eigenvalue weighted by atomic mass is 16.2. The lowest BCUT2D eigenvalue weighted by Gasteiger charge is -2.16. The SMILES string of the molecule is CC(=O)c1ccc(NC(=O)CCC(=O)c2ccc3c(c2)CCCC3)cc1. The number of carbonyl (C=O) groups is 3. The maximum Gasteiger partial charge on any atom is 0.224 e. The molecule has 0 spiro atoms. The van der Waals surface area contributed by atoms with Crippen molar-refractivity contribution in [2.45, 2.75) is 45.4 Å². The number of anilines is 1. The highest BCUT2D eigenvalue weighted by Crippen LogP contribution is 2.23. The van der Waals surface area contributed by atoms with E-state index in [0.29, 0.717) is 16.8 Å². The number of benzene rings is 2.